The molecule has 0 radical (unpaired) electrons. The maximum Gasteiger partial charge on any atom is 0.123 e. The molecule has 19 heavy (non-hydrogen) atoms. The van der Waals surface area contributed by atoms with Crippen LogP contribution in [-0.2, 0) is 0 Å². The highest BCUT2D eigenvalue weighted by Crippen LogP contribution is 2.19. The number of pyridine rings is 1. The minimum atomic E-state index is -0.224. The molecule has 2 heteroatoms. The van der Waals surface area contributed by atoms with Crippen LogP contribution in [0, 0.1) is 11.7 Å². The van der Waals surface area contributed by atoms with E-state index in [1.54, 1.807) is 12.3 Å². The van der Waals surface area contributed by atoms with Gasteiger partial charge in [-0.15, -0.1) is 0 Å². The SMILES string of the molecule is CC[C@@H](C)/C=C/c1ccc(-c2cccc(F)c2)cn1. The second-order valence-electron chi connectivity index (χ2n) is 4.73. The van der Waals surface area contributed by atoms with Gasteiger partial charge in [0.1, 0.15) is 5.82 Å². The number of benzene rings is 1. The van der Waals surface area contributed by atoms with Gasteiger partial charge in [0, 0.05) is 11.8 Å². The highest BCUT2D eigenvalue weighted by molar-refractivity contribution is 5.63. The van der Waals surface area contributed by atoms with Gasteiger partial charge in [-0.25, -0.2) is 4.39 Å². The van der Waals surface area contributed by atoms with E-state index >= 15 is 0 Å². The van der Waals surface area contributed by atoms with Crippen molar-refractivity contribution in [1.29, 1.82) is 0 Å². The Balaban J connectivity index is 2.17. The van der Waals surface area contributed by atoms with E-state index in [1.165, 1.54) is 12.1 Å². The summed E-state index contributed by atoms with van der Waals surface area (Å²) in [5.41, 5.74) is 2.71. The summed E-state index contributed by atoms with van der Waals surface area (Å²) in [5, 5.41) is 0. The van der Waals surface area contributed by atoms with Crippen molar-refractivity contribution in [3.8, 4) is 11.1 Å². The quantitative estimate of drug-likeness (QED) is 0.753. The summed E-state index contributed by atoms with van der Waals surface area (Å²) >= 11 is 0. The molecular weight excluding hydrogens is 237 g/mol. The highest BCUT2D eigenvalue weighted by atomic mass is 19.1. The zero-order valence-electron chi connectivity index (χ0n) is 11.3. The molecule has 1 aromatic heterocycles. The summed E-state index contributed by atoms with van der Waals surface area (Å²) in [4.78, 5) is 4.38. The third-order valence-corrected chi connectivity index (χ3v) is 3.18. The van der Waals surface area contributed by atoms with Crippen molar-refractivity contribution in [2.75, 3.05) is 0 Å². The van der Waals surface area contributed by atoms with E-state index in [2.05, 4.69) is 24.9 Å². The van der Waals surface area contributed by atoms with Crippen molar-refractivity contribution in [2.24, 2.45) is 5.92 Å². The molecule has 2 aromatic rings. The predicted octanol–water partition coefficient (Wildman–Crippen LogP) is 4.95. The average Bonchev–Trinajstić information content (AvgIpc) is 2.45. The molecule has 0 fully saturated rings. The Bertz CT molecular complexity index is 558. The van der Waals surface area contributed by atoms with Crippen molar-refractivity contribution < 1.29 is 4.39 Å². The molecule has 0 saturated heterocycles. The molecule has 0 unspecified atom stereocenters. The van der Waals surface area contributed by atoms with E-state index in [4.69, 9.17) is 0 Å². The molecule has 0 aliphatic carbocycles. The van der Waals surface area contributed by atoms with Crippen LogP contribution < -0.4 is 0 Å². The van der Waals surface area contributed by atoms with Crippen LogP contribution in [0.2, 0.25) is 0 Å². The fraction of sp³-hybridized carbons (Fsp3) is 0.235. The van der Waals surface area contributed by atoms with E-state index < -0.39 is 0 Å². The normalized spacial score (nSPS) is 12.8. The van der Waals surface area contributed by atoms with E-state index in [9.17, 15) is 4.39 Å². The third-order valence-electron chi connectivity index (χ3n) is 3.18. The van der Waals surface area contributed by atoms with Crippen LogP contribution in [0.4, 0.5) is 4.39 Å². The Kier molecular flexibility index (Phi) is 4.45. The van der Waals surface area contributed by atoms with Crippen LogP contribution in [0.5, 0.6) is 0 Å². The Labute approximate surface area is 113 Å². The first kappa shape index (κ1) is 13.5. The first-order valence-corrected chi connectivity index (χ1v) is 6.59. The van der Waals surface area contributed by atoms with Gasteiger partial charge in [-0.3, -0.25) is 4.98 Å². The van der Waals surface area contributed by atoms with Gasteiger partial charge in [0.15, 0.2) is 0 Å². The molecule has 2 rings (SSSR count). The second kappa shape index (κ2) is 6.28. The van der Waals surface area contributed by atoms with Crippen molar-refractivity contribution >= 4 is 6.08 Å². The van der Waals surface area contributed by atoms with Crippen molar-refractivity contribution in [2.45, 2.75) is 20.3 Å². The lowest BCUT2D eigenvalue weighted by Gasteiger charge is -2.03. The fourth-order valence-corrected chi connectivity index (χ4v) is 1.74. The number of aromatic nitrogens is 1. The average molecular weight is 255 g/mol. The van der Waals surface area contributed by atoms with Crippen LogP contribution >= 0.6 is 0 Å². The first-order chi connectivity index (χ1) is 9.19. The van der Waals surface area contributed by atoms with Gasteiger partial charge >= 0.3 is 0 Å². The third kappa shape index (κ3) is 3.75. The van der Waals surface area contributed by atoms with Gasteiger partial charge in [0.05, 0.1) is 5.69 Å². The van der Waals surface area contributed by atoms with Crippen molar-refractivity contribution in [3.05, 3.63) is 60.2 Å². The minimum absolute atomic E-state index is 0.224. The number of halogens is 1. The van der Waals surface area contributed by atoms with Crippen LogP contribution in [0.15, 0.2) is 48.7 Å². The largest absolute Gasteiger partial charge is 0.256 e. The molecule has 98 valence electrons. The molecule has 1 atom stereocenters. The van der Waals surface area contributed by atoms with Crippen LogP contribution in [0.1, 0.15) is 26.0 Å². The van der Waals surface area contributed by atoms with Gasteiger partial charge in [0.25, 0.3) is 0 Å². The van der Waals surface area contributed by atoms with Crippen LogP contribution in [-0.4, -0.2) is 4.98 Å². The number of hydrogen-bond donors (Lipinski definition) is 0. The number of rotatable bonds is 4. The minimum Gasteiger partial charge on any atom is -0.256 e. The predicted molar refractivity (Wildman–Crippen MR) is 78.1 cm³/mol. The van der Waals surface area contributed by atoms with Crippen molar-refractivity contribution in [1.82, 2.24) is 4.98 Å². The smallest absolute Gasteiger partial charge is 0.123 e. The molecule has 0 spiro atoms. The molecular formula is C17H18FN. The van der Waals surface area contributed by atoms with Crippen LogP contribution in [0.3, 0.4) is 0 Å². The lowest BCUT2D eigenvalue weighted by Crippen LogP contribution is -1.87. The summed E-state index contributed by atoms with van der Waals surface area (Å²) in [6.07, 6.45) is 7.09. The summed E-state index contributed by atoms with van der Waals surface area (Å²) in [5.74, 6) is 0.336. The number of allylic oxidation sites excluding steroid dienone is 1. The molecule has 1 heterocycles. The number of hydrogen-bond acceptors (Lipinski definition) is 1. The van der Waals surface area contributed by atoms with Gasteiger partial charge < -0.3 is 0 Å². The molecule has 0 aliphatic heterocycles. The van der Waals surface area contributed by atoms with Crippen molar-refractivity contribution in [3.63, 3.8) is 0 Å². The van der Waals surface area contributed by atoms with Gasteiger partial charge in [-0.2, -0.15) is 0 Å². The van der Waals surface area contributed by atoms with Gasteiger partial charge in [-0.1, -0.05) is 44.5 Å². The molecule has 0 aliphatic rings. The fourth-order valence-electron chi connectivity index (χ4n) is 1.74. The summed E-state index contributed by atoms with van der Waals surface area (Å²) in [7, 11) is 0. The Morgan fingerprint density at radius 1 is 1.21 bits per heavy atom. The Hall–Kier alpha value is -1.96. The first-order valence-electron chi connectivity index (χ1n) is 6.59. The van der Waals surface area contributed by atoms with E-state index in [0.717, 1.165) is 23.2 Å². The molecule has 0 bridgehead atoms. The maximum absolute atomic E-state index is 13.1. The highest BCUT2D eigenvalue weighted by Gasteiger charge is 2.00. The summed E-state index contributed by atoms with van der Waals surface area (Å²) < 4.78 is 13.1. The lowest BCUT2D eigenvalue weighted by atomic mass is 10.1. The maximum atomic E-state index is 13.1. The number of nitrogens with zero attached hydrogens (tertiary/aromatic N) is 1. The monoisotopic (exact) mass is 255 g/mol. The van der Waals surface area contributed by atoms with Crippen LogP contribution in [0.25, 0.3) is 17.2 Å². The van der Waals surface area contributed by atoms with Gasteiger partial charge in [0.2, 0.25) is 0 Å². The van der Waals surface area contributed by atoms with Gasteiger partial charge in [-0.05, 0) is 35.8 Å². The topological polar surface area (TPSA) is 12.9 Å². The van der Waals surface area contributed by atoms with E-state index in [1.807, 2.05) is 24.3 Å². The zero-order valence-corrected chi connectivity index (χ0v) is 11.3. The Morgan fingerprint density at radius 3 is 2.68 bits per heavy atom. The van der Waals surface area contributed by atoms with E-state index in [0.29, 0.717) is 5.92 Å². The second-order valence-corrected chi connectivity index (χ2v) is 4.73. The molecule has 0 saturated carbocycles. The summed E-state index contributed by atoms with van der Waals surface area (Å²) in [6, 6.07) is 10.5. The standard InChI is InChI=1S/C17H18FN/c1-3-13(2)7-9-17-10-8-15(12-19-17)14-5-4-6-16(18)11-14/h4-13H,3H2,1-2H3/b9-7+/t13-/m1/s1. The Morgan fingerprint density at radius 2 is 2.05 bits per heavy atom. The van der Waals surface area contributed by atoms with E-state index in [-0.39, 0.29) is 5.82 Å². The lowest BCUT2D eigenvalue weighted by molar-refractivity contribution is 0.628. The molecule has 0 N–H and O–H groups in total. The summed E-state index contributed by atoms with van der Waals surface area (Å²) in [6.45, 7) is 4.34. The molecule has 1 nitrogen and oxygen atoms in total. The molecule has 1 aromatic carbocycles. The zero-order chi connectivity index (χ0) is 13.7. The molecule has 0 amide bonds.